The summed E-state index contributed by atoms with van der Waals surface area (Å²) in [6.07, 6.45) is 8.81. The fourth-order valence-electron chi connectivity index (χ4n) is 1.41. The average Bonchev–Trinajstić information content (AvgIpc) is 2.38. The molecule has 84 valence electrons. The van der Waals surface area contributed by atoms with Crippen LogP contribution in [0.3, 0.4) is 0 Å². The van der Waals surface area contributed by atoms with Gasteiger partial charge in [0.25, 0.3) is 0 Å². The highest BCUT2D eigenvalue weighted by Crippen LogP contribution is 2.08. The third kappa shape index (κ3) is 3.08. The first-order valence-electron chi connectivity index (χ1n) is 5.31. The lowest BCUT2D eigenvalue weighted by Gasteiger charge is -1.96. The summed E-state index contributed by atoms with van der Waals surface area (Å²) in [4.78, 5) is 19.2. The predicted molar refractivity (Wildman–Crippen MR) is 67.4 cm³/mol. The maximum atomic E-state index is 11.1. The maximum Gasteiger partial charge on any atom is 0.159 e. The van der Waals surface area contributed by atoms with Crippen LogP contribution < -0.4 is 0 Å². The Morgan fingerprint density at radius 2 is 1.88 bits per heavy atom. The number of ketones is 1. The zero-order valence-corrected chi connectivity index (χ0v) is 9.50. The van der Waals surface area contributed by atoms with E-state index in [4.69, 9.17) is 0 Å². The minimum atomic E-state index is 0.0782. The molecule has 0 atom stereocenters. The number of carbonyl (C=O) groups excluding carboxylic acids is 1. The van der Waals surface area contributed by atoms with Gasteiger partial charge in [0, 0.05) is 18.0 Å². The molecule has 0 bridgehead atoms. The van der Waals surface area contributed by atoms with Crippen LogP contribution in [0.15, 0.2) is 42.9 Å². The van der Waals surface area contributed by atoms with E-state index in [1.807, 2.05) is 36.4 Å². The topological polar surface area (TPSA) is 42.9 Å². The molecule has 0 aliphatic heterocycles. The Bertz CT molecular complexity index is 530. The van der Waals surface area contributed by atoms with E-state index in [1.165, 1.54) is 0 Å². The highest BCUT2D eigenvalue weighted by molar-refractivity contribution is 5.94. The number of rotatable bonds is 3. The molecule has 1 aromatic heterocycles. The van der Waals surface area contributed by atoms with Gasteiger partial charge in [-0.2, -0.15) is 0 Å². The van der Waals surface area contributed by atoms with Crippen molar-refractivity contribution in [1.29, 1.82) is 0 Å². The first kappa shape index (κ1) is 11.2. The van der Waals surface area contributed by atoms with Gasteiger partial charge in [0.2, 0.25) is 0 Å². The molecule has 0 unspecified atom stereocenters. The van der Waals surface area contributed by atoms with Gasteiger partial charge >= 0.3 is 0 Å². The molecule has 0 saturated heterocycles. The Kier molecular flexibility index (Phi) is 3.40. The SMILES string of the molecule is CC(=O)c1ccc(C=Cc2cnccn2)cc1. The number of nitrogens with zero attached hydrogens (tertiary/aromatic N) is 2. The summed E-state index contributed by atoms with van der Waals surface area (Å²) in [7, 11) is 0. The second-order valence-electron chi connectivity index (χ2n) is 3.64. The van der Waals surface area contributed by atoms with Crippen molar-refractivity contribution in [1.82, 2.24) is 9.97 Å². The first-order valence-corrected chi connectivity index (χ1v) is 5.31. The third-order valence-electron chi connectivity index (χ3n) is 2.35. The summed E-state index contributed by atoms with van der Waals surface area (Å²) in [6.45, 7) is 1.56. The molecule has 0 fully saturated rings. The molecule has 3 nitrogen and oxygen atoms in total. The van der Waals surface area contributed by atoms with Crippen LogP contribution in [0, 0.1) is 0 Å². The van der Waals surface area contributed by atoms with Gasteiger partial charge in [0.05, 0.1) is 11.9 Å². The van der Waals surface area contributed by atoms with Gasteiger partial charge in [-0.1, -0.05) is 30.3 Å². The van der Waals surface area contributed by atoms with Crippen LogP contribution in [0.4, 0.5) is 0 Å². The molecule has 1 heterocycles. The Labute approximate surface area is 99.9 Å². The van der Waals surface area contributed by atoms with Gasteiger partial charge in [-0.05, 0) is 18.6 Å². The molecule has 0 spiro atoms. The van der Waals surface area contributed by atoms with Crippen molar-refractivity contribution in [3.05, 3.63) is 59.7 Å². The average molecular weight is 224 g/mol. The van der Waals surface area contributed by atoms with Crippen molar-refractivity contribution in [3.63, 3.8) is 0 Å². The minimum Gasteiger partial charge on any atom is -0.295 e. The molecule has 0 radical (unpaired) electrons. The largest absolute Gasteiger partial charge is 0.295 e. The molecule has 0 N–H and O–H groups in total. The molecule has 17 heavy (non-hydrogen) atoms. The molecule has 1 aromatic carbocycles. The summed E-state index contributed by atoms with van der Waals surface area (Å²) in [5, 5.41) is 0. The number of Topliss-reactive ketones (excluding diaryl/α,β-unsaturated/α-hetero) is 1. The van der Waals surface area contributed by atoms with Crippen LogP contribution >= 0.6 is 0 Å². The van der Waals surface area contributed by atoms with Crippen molar-refractivity contribution >= 4 is 17.9 Å². The van der Waals surface area contributed by atoms with E-state index >= 15 is 0 Å². The van der Waals surface area contributed by atoms with E-state index in [0.717, 1.165) is 16.8 Å². The van der Waals surface area contributed by atoms with Crippen molar-refractivity contribution < 1.29 is 4.79 Å². The van der Waals surface area contributed by atoms with Gasteiger partial charge < -0.3 is 0 Å². The molecule has 0 amide bonds. The Morgan fingerprint density at radius 1 is 1.12 bits per heavy atom. The molecule has 2 aromatic rings. The number of carbonyl (C=O) groups is 1. The molecular weight excluding hydrogens is 212 g/mol. The number of benzene rings is 1. The number of hydrogen-bond donors (Lipinski definition) is 0. The lowest BCUT2D eigenvalue weighted by molar-refractivity contribution is 0.101. The fraction of sp³-hybridized carbons (Fsp3) is 0.0714. The van der Waals surface area contributed by atoms with Gasteiger partial charge in [-0.3, -0.25) is 14.8 Å². The van der Waals surface area contributed by atoms with E-state index < -0.39 is 0 Å². The van der Waals surface area contributed by atoms with Crippen molar-refractivity contribution in [2.75, 3.05) is 0 Å². The summed E-state index contributed by atoms with van der Waals surface area (Å²) >= 11 is 0. The van der Waals surface area contributed by atoms with Gasteiger partial charge in [0.15, 0.2) is 5.78 Å². The lowest BCUT2D eigenvalue weighted by atomic mass is 10.1. The summed E-state index contributed by atoms with van der Waals surface area (Å²) < 4.78 is 0. The van der Waals surface area contributed by atoms with Gasteiger partial charge in [-0.25, -0.2) is 0 Å². The van der Waals surface area contributed by atoms with E-state index in [1.54, 1.807) is 25.5 Å². The third-order valence-corrected chi connectivity index (χ3v) is 2.35. The van der Waals surface area contributed by atoms with Gasteiger partial charge in [0.1, 0.15) is 0 Å². The van der Waals surface area contributed by atoms with E-state index in [9.17, 15) is 4.79 Å². The fourth-order valence-corrected chi connectivity index (χ4v) is 1.41. The summed E-state index contributed by atoms with van der Waals surface area (Å²) in [5.74, 6) is 0.0782. The zero-order valence-electron chi connectivity index (χ0n) is 9.50. The minimum absolute atomic E-state index is 0.0782. The zero-order chi connectivity index (χ0) is 12.1. The quantitative estimate of drug-likeness (QED) is 0.753. The van der Waals surface area contributed by atoms with E-state index in [2.05, 4.69) is 9.97 Å². The van der Waals surface area contributed by atoms with Crippen LogP contribution in [0.2, 0.25) is 0 Å². The maximum absolute atomic E-state index is 11.1. The normalized spacial score (nSPS) is 10.6. The highest BCUT2D eigenvalue weighted by atomic mass is 16.1. The van der Waals surface area contributed by atoms with E-state index in [0.29, 0.717) is 0 Å². The van der Waals surface area contributed by atoms with Crippen molar-refractivity contribution in [3.8, 4) is 0 Å². The molecule has 0 aliphatic rings. The molecule has 2 rings (SSSR count). The van der Waals surface area contributed by atoms with Gasteiger partial charge in [-0.15, -0.1) is 0 Å². The molecule has 3 heteroatoms. The predicted octanol–water partition coefficient (Wildman–Crippen LogP) is 2.85. The monoisotopic (exact) mass is 224 g/mol. The Balaban J connectivity index is 2.14. The Hall–Kier alpha value is -2.29. The second kappa shape index (κ2) is 5.16. The first-order chi connectivity index (χ1) is 8.25. The van der Waals surface area contributed by atoms with Crippen molar-refractivity contribution in [2.24, 2.45) is 0 Å². The number of hydrogen-bond acceptors (Lipinski definition) is 3. The van der Waals surface area contributed by atoms with Crippen LogP contribution in [-0.2, 0) is 0 Å². The van der Waals surface area contributed by atoms with Crippen molar-refractivity contribution in [2.45, 2.75) is 6.92 Å². The summed E-state index contributed by atoms with van der Waals surface area (Å²) in [6, 6.07) is 7.45. The Morgan fingerprint density at radius 3 is 2.47 bits per heavy atom. The van der Waals surface area contributed by atoms with Crippen LogP contribution in [0.1, 0.15) is 28.5 Å². The second-order valence-corrected chi connectivity index (χ2v) is 3.64. The van der Waals surface area contributed by atoms with Crippen LogP contribution in [0.25, 0.3) is 12.2 Å². The number of aromatic nitrogens is 2. The standard InChI is InChI=1S/C14H12N2O/c1-11(17)13-5-2-12(3-6-13)4-7-14-10-15-8-9-16-14/h2-10H,1H3. The molecule has 0 aliphatic carbocycles. The van der Waals surface area contributed by atoms with Crippen LogP contribution in [0.5, 0.6) is 0 Å². The highest BCUT2D eigenvalue weighted by Gasteiger charge is 1.96. The smallest absolute Gasteiger partial charge is 0.159 e. The molecule has 0 saturated carbocycles. The molecular formula is C14H12N2O. The van der Waals surface area contributed by atoms with Crippen LogP contribution in [-0.4, -0.2) is 15.8 Å². The van der Waals surface area contributed by atoms with E-state index in [-0.39, 0.29) is 5.78 Å². The lowest BCUT2D eigenvalue weighted by Crippen LogP contribution is -1.90. The summed E-state index contributed by atoms with van der Waals surface area (Å²) in [5.41, 5.74) is 2.56.